The monoisotopic (exact) mass is 522 g/mol. The molecule has 0 atom stereocenters. The fourth-order valence-corrected chi connectivity index (χ4v) is 3.61. The van der Waals surface area contributed by atoms with Crippen LogP contribution in [0.4, 0.5) is 4.79 Å². The molecule has 2 N–H and O–H groups in total. The molecule has 0 unspecified atom stereocenters. The Hall–Kier alpha value is -1.22. The first-order valence-electron chi connectivity index (χ1n) is 9.51. The SMILES string of the molecule is CCOC(=O)N1CCC(NC(=NC)NCC(C)(C)c2ccccc2Cl)CC1.I. The number of carbonyl (C=O) groups excluding carboxylic acids is 1. The summed E-state index contributed by atoms with van der Waals surface area (Å²) < 4.78 is 5.07. The normalized spacial score (nSPS) is 15.6. The van der Waals surface area contributed by atoms with Crippen LogP contribution in [-0.2, 0) is 10.2 Å². The van der Waals surface area contributed by atoms with Gasteiger partial charge in [0.25, 0.3) is 0 Å². The molecule has 0 aromatic heterocycles. The number of amides is 1. The fourth-order valence-electron chi connectivity index (χ4n) is 3.22. The number of benzene rings is 1. The molecule has 1 aromatic carbocycles. The van der Waals surface area contributed by atoms with Crippen molar-refractivity contribution in [1.82, 2.24) is 15.5 Å². The molecule has 1 amide bonds. The molecule has 28 heavy (non-hydrogen) atoms. The van der Waals surface area contributed by atoms with Gasteiger partial charge in [-0.25, -0.2) is 4.79 Å². The summed E-state index contributed by atoms with van der Waals surface area (Å²) in [5.41, 5.74) is 0.973. The predicted molar refractivity (Wildman–Crippen MR) is 126 cm³/mol. The van der Waals surface area contributed by atoms with E-state index in [0.717, 1.165) is 29.4 Å². The van der Waals surface area contributed by atoms with E-state index < -0.39 is 0 Å². The maximum Gasteiger partial charge on any atom is 0.409 e. The average molecular weight is 523 g/mol. The van der Waals surface area contributed by atoms with Gasteiger partial charge in [-0.05, 0) is 31.4 Å². The van der Waals surface area contributed by atoms with Crippen LogP contribution in [0.1, 0.15) is 39.2 Å². The van der Waals surface area contributed by atoms with Crippen molar-refractivity contribution in [2.45, 2.75) is 45.1 Å². The standard InChI is InChI=1S/C20H31ClN4O2.HI/c1-5-27-19(26)25-12-10-15(11-13-25)24-18(22-4)23-14-20(2,3)16-8-6-7-9-17(16)21;/h6-9,15H,5,10-14H2,1-4H3,(H2,22,23,24);1H. The van der Waals surface area contributed by atoms with Gasteiger partial charge in [0.1, 0.15) is 0 Å². The predicted octanol–water partition coefficient (Wildman–Crippen LogP) is 4.02. The summed E-state index contributed by atoms with van der Waals surface area (Å²) in [5, 5.41) is 7.65. The summed E-state index contributed by atoms with van der Waals surface area (Å²) in [6.07, 6.45) is 1.51. The lowest BCUT2D eigenvalue weighted by Crippen LogP contribution is -2.51. The highest BCUT2D eigenvalue weighted by Gasteiger charge is 2.26. The van der Waals surface area contributed by atoms with Gasteiger partial charge in [0.2, 0.25) is 0 Å². The Kier molecular flexibility index (Phi) is 10.4. The number of aliphatic imine (C=N–C) groups is 1. The highest BCUT2D eigenvalue weighted by molar-refractivity contribution is 14.0. The first-order valence-corrected chi connectivity index (χ1v) is 9.89. The molecule has 0 saturated carbocycles. The lowest BCUT2D eigenvalue weighted by molar-refractivity contribution is 0.0963. The van der Waals surface area contributed by atoms with Gasteiger partial charge in [0.15, 0.2) is 5.96 Å². The number of guanidine groups is 1. The summed E-state index contributed by atoms with van der Waals surface area (Å²) >= 11 is 6.36. The summed E-state index contributed by atoms with van der Waals surface area (Å²) in [6.45, 7) is 8.65. The topological polar surface area (TPSA) is 66.0 Å². The third-order valence-corrected chi connectivity index (χ3v) is 5.22. The van der Waals surface area contributed by atoms with Crippen LogP contribution in [0.5, 0.6) is 0 Å². The Bertz CT molecular complexity index is 661. The minimum atomic E-state index is -0.222. The van der Waals surface area contributed by atoms with Crippen molar-refractivity contribution in [2.24, 2.45) is 4.99 Å². The number of hydrogen-bond donors (Lipinski definition) is 2. The van der Waals surface area contributed by atoms with E-state index in [9.17, 15) is 4.79 Å². The molecule has 1 heterocycles. The molecule has 158 valence electrons. The Labute approximate surface area is 190 Å². The minimum absolute atomic E-state index is 0. The summed E-state index contributed by atoms with van der Waals surface area (Å²) in [5.74, 6) is 0.768. The van der Waals surface area contributed by atoms with Crippen molar-refractivity contribution < 1.29 is 9.53 Å². The second-order valence-corrected chi connectivity index (χ2v) is 7.80. The highest BCUT2D eigenvalue weighted by atomic mass is 127. The van der Waals surface area contributed by atoms with Crippen molar-refractivity contribution in [1.29, 1.82) is 0 Å². The Morgan fingerprint density at radius 3 is 2.54 bits per heavy atom. The van der Waals surface area contributed by atoms with E-state index in [1.165, 1.54) is 0 Å². The lowest BCUT2D eigenvalue weighted by Gasteiger charge is -2.33. The van der Waals surface area contributed by atoms with Crippen LogP contribution in [0, 0.1) is 0 Å². The molecule has 1 saturated heterocycles. The number of hydrogen-bond acceptors (Lipinski definition) is 3. The van der Waals surface area contributed by atoms with Crippen LogP contribution >= 0.6 is 35.6 Å². The average Bonchev–Trinajstić information content (AvgIpc) is 2.66. The molecular weight excluding hydrogens is 491 g/mol. The quantitative estimate of drug-likeness (QED) is 0.348. The molecule has 6 nitrogen and oxygen atoms in total. The zero-order valence-electron chi connectivity index (χ0n) is 17.1. The van der Waals surface area contributed by atoms with E-state index in [-0.39, 0.29) is 41.5 Å². The molecular formula is C20H32ClIN4O2. The van der Waals surface area contributed by atoms with Gasteiger partial charge in [-0.1, -0.05) is 43.6 Å². The van der Waals surface area contributed by atoms with Crippen LogP contribution in [0.25, 0.3) is 0 Å². The summed E-state index contributed by atoms with van der Waals surface area (Å²) in [4.78, 5) is 17.9. The lowest BCUT2D eigenvalue weighted by atomic mass is 9.84. The Morgan fingerprint density at radius 2 is 1.96 bits per heavy atom. The minimum Gasteiger partial charge on any atom is -0.450 e. The van der Waals surface area contributed by atoms with Crippen molar-refractivity contribution in [3.63, 3.8) is 0 Å². The van der Waals surface area contributed by atoms with Gasteiger partial charge in [0.05, 0.1) is 6.61 Å². The van der Waals surface area contributed by atoms with E-state index in [1.54, 1.807) is 11.9 Å². The van der Waals surface area contributed by atoms with E-state index in [2.05, 4.69) is 35.5 Å². The van der Waals surface area contributed by atoms with Crippen LogP contribution in [0.2, 0.25) is 5.02 Å². The van der Waals surface area contributed by atoms with Crippen LogP contribution in [-0.4, -0.2) is 56.3 Å². The first-order chi connectivity index (χ1) is 12.9. The van der Waals surface area contributed by atoms with Crippen LogP contribution in [0.15, 0.2) is 29.3 Å². The van der Waals surface area contributed by atoms with Gasteiger partial charge in [0, 0.05) is 43.2 Å². The fraction of sp³-hybridized carbons (Fsp3) is 0.600. The molecule has 1 aromatic rings. The van der Waals surface area contributed by atoms with Gasteiger partial charge >= 0.3 is 6.09 Å². The van der Waals surface area contributed by atoms with E-state index in [1.807, 2.05) is 25.1 Å². The smallest absolute Gasteiger partial charge is 0.409 e. The molecule has 2 rings (SSSR count). The molecule has 1 aliphatic rings. The van der Waals surface area contributed by atoms with Crippen molar-refractivity contribution >= 4 is 47.6 Å². The van der Waals surface area contributed by atoms with Crippen molar-refractivity contribution in [3.05, 3.63) is 34.9 Å². The van der Waals surface area contributed by atoms with Gasteiger partial charge < -0.3 is 20.3 Å². The van der Waals surface area contributed by atoms with E-state index >= 15 is 0 Å². The highest BCUT2D eigenvalue weighted by Crippen LogP contribution is 2.29. The van der Waals surface area contributed by atoms with Gasteiger partial charge in [-0.3, -0.25) is 4.99 Å². The molecule has 1 fully saturated rings. The van der Waals surface area contributed by atoms with Crippen molar-refractivity contribution in [2.75, 3.05) is 33.3 Å². The zero-order valence-corrected chi connectivity index (χ0v) is 20.2. The number of halogens is 2. The van der Waals surface area contributed by atoms with Gasteiger partial charge in [-0.2, -0.15) is 0 Å². The third kappa shape index (κ3) is 6.99. The number of likely N-dealkylation sites (tertiary alicyclic amines) is 1. The number of carbonyl (C=O) groups is 1. The number of rotatable bonds is 5. The second-order valence-electron chi connectivity index (χ2n) is 7.39. The summed E-state index contributed by atoms with van der Waals surface area (Å²) in [7, 11) is 1.77. The number of piperidine rings is 1. The molecule has 0 radical (unpaired) electrons. The van der Waals surface area contributed by atoms with E-state index in [4.69, 9.17) is 16.3 Å². The Morgan fingerprint density at radius 1 is 1.32 bits per heavy atom. The number of ether oxygens (including phenoxy) is 1. The van der Waals surface area contributed by atoms with Crippen molar-refractivity contribution in [3.8, 4) is 0 Å². The van der Waals surface area contributed by atoms with Gasteiger partial charge in [-0.15, -0.1) is 24.0 Å². The molecule has 8 heteroatoms. The number of nitrogens with one attached hydrogen (secondary N) is 2. The Balaban J connectivity index is 0.00000392. The van der Waals surface area contributed by atoms with Crippen LogP contribution < -0.4 is 10.6 Å². The second kappa shape index (κ2) is 11.7. The largest absolute Gasteiger partial charge is 0.450 e. The third-order valence-electron chi connectivity index (χ3n) is 4.89. The maximum atomic E-state index is 11.8. The molecule has 0 spiro atoms. The van der Waals surface area contributed by atoms with Crippen LogP contribution in [0.3, 0.4) is 0 Å². The number of nitrogens with zero attached hydrogens (tertiary/aromatic N) is 2. The maximum absolute atomic E-state index is 11.8. The molecule has 1 aliphatic heterocycles. The zero-order chi connectivity index (χ0) is 19.9. The summed E-state index contributed by atoms with van der Waals surface area (Å²) in [6, 6.07) is 8.21. The molecule has 0 aliphatic carbocycles. The first kappa shape index (κ1) is 24.8. The van der Waals surface area contributed by atoms with E-state index in [0.29, 0.717) is 26.2 Å². The molecule has 0 bridgehead atoms.